The molecular formula is C14H20F2N2O. The molecule has 5 heteroatoms. The van der Waals surface area contributed by atoms with Crippen LogP contribution in [0.25, 0.3) is 0 Å². The van der Waals surface area contributed by atoms with E-state index in [1.54, 1.807) is 0 Å². The van der Waals surface area contributed by atoms with Crippen LogP contribution >= 0.6 is 0 Å². The van der Waals surface area contributed by atoms with Crippen molar-refractivity contribution in [3.05, 3.63) is 35.4 Å². The number of hydrogen-bond acceptors (Lipinski definition) is 3. The summed E-state index contributed by atoms with van der Waals surface area (Å²) in [4.78, 5) is 2.20. The maximum atomic E-state index is 13.9. The fourth-order valence-corrected chi connectivity index (χ4v) is 2.58. The summed E-state index contributed by atoms with van der Waals surface area (Å²) in [6, 6.07) is 3.67. The van der Waals surface area contributed by atoms with Crippen LogP contribution in [0, 0.1) is 11.6 Å². The van der Waals surface area contributed by atoms with Gasteiger partial charge in [0.2, 0.25) is 0 Å². The Morgan fingerprint density at radius 3 is 2.63 bits per heavy atom. The first-order valence-corrected chi connectivity index (χ1v) is 6.73. The van der Waals surface area contributed by atoms with Crippen LogP contribution in [-0.2, 0) is 0 Å². The van der Waals surface area contributed by atoms with Gasteiger partial charge in [0.1, 0.15) is 11.6 Å². The molecule has 0 radical (unpaired) electrons. The Kier molecular flexibility index (Phi) is 5.24. The molecular weight excluding hydrogens is 250 g/mol. The van der Waals surface area contributed by atoms with E-state index < -0.39 is 11.6 Å². The highest BCUT2D eigenvalue weighted by Gasteiger charge is 2.24. The highest BCUT2D eigenvalue weighted by atomic mass is 19.1. The van der Waals surface area contributed by atoms with Crippen molar-refractivity contribution in [2.45, 2.75) is 18.9 Å². The topological polar surface area (TPSA) is 35.5 Å². The number of hydrogen-bond donors (Lipinski definition) is 2. The average Bonchev–Trinajstić information content (AvgIpc) is 2.42. The van der Waals surface area contributed by atoms with Crippen LogP contribution in [0.1, 0.15) is 24.4 Å². The molecule has 1 saturated heterocycles. The molecule has 0 saturated carbocycles. The van der Waals surface area contributed by atoms with Gasteiger partial charge in [-0.1, -0.05) is 6.07 Å². The second-order valence-electron chi connectivity index (χ2n) is 4.83. The lowest BCUT2D eigenvalue weighted by molar-refractivity contribution is 0.151. The molecule has 0 aliphatic carbocycles. The first kappa shape index (κ1) is 14.4. The van der Waals surface area contributed by atoms with Gasteiger partial charge in [-0.05, 0) is 18.9 Å². The molecule has 2 rings (SSSR count). The molecule has 1 aromatic rings. The van der Waals surface area contributed by atoms with Gasteiger partial charge in [-0.15, -0.1) is 0 Å². The average molecular weight is 270 g/mol. The lowest BCUT2D eigenvalue weighted by Crippen LogP contribution is -2.45. The molecule has 0 amide bonds. The molecule has 3 nitrogen and oxygen atoms in total. The summed E-state index contributed by atoms with van der Waals surface area (Å²) in [5, 5.41) is 12.2. The normalized spacial score (nSPS) is 18.5. The summed E-state index contributed by atoms with van der Waals surface area (Å²) in [5.41, 5.74) is 0.525. The predicted molar refractivity (Wildman–Crippen MR) is 69.9 cm³/mol. The first-order valence-electron chi connectivity index (χ1n) is 6.73. The van der Waals surface area contributed by atoms with Crippen molar-refractivity contribution < 1.29 is 13.9 Å². The number of benzene rings is 1. The zero-order valence-corrected chi connectivity index (χ0v) is 10.9. The van der Waals surface area contributed by atoms with Crippen LogP contribution in [0.15, 0.2) is 18.2 Å². The van der Waals surface area contributed by atoms with E-state index in [9.17, 15) is 8.78 Å². The van der Waals surface area contributed by atoms with E-state index in [0.29, 0.717) is 18.4 Å². The largest absolute Gasteiger partial charge is 0.396 e. The summed E-state index contributed by atoms with van der Waals surface area (Å²) >= 11 is 0. The molecule has 1 aliphatic rings. The van der Waals surface area contributed by atoms with Gasteiger partial charge in [-0.2, -0.15) is 0 Å². The lowest BCUT2D eigenvalue weighted by Gasteiger charge is -2.35. The first-order chi connectivity index (χ1) is 9.22. The minimum Gasteiger partial charge on any atom is -0.396 e. The van der Waals surface area contributed by atoms with Crippen molar-refractivity contribution in [3.63, 3.8) is 0 Å². The van der Waals surface area contributed by atoms with Crippen molar-refractivity contribution in [2.24, 2.45) is 0 Å². The van der Waals surface area contributed by atoms with Gasteiger partial charge < -0.3 is 10.4 Å². The standard InChI is InChI=1S/C14H20F2N2O/c15-11-3-4-12(13(16)10-11)14(2-1-9-19)18-7-5-17-6-8-18/h3-4,10,14,17,19H,1-2,5-9H2/t14-/m0/s1. The Bertz CT molecular complexity index is 408. The van der Waals surface area contributed by atoms with Gasteiger partial charge in [-0.3, -0.25) is 4.90 Å². The summed E-state index contributed by atoms with van der Waals surface area (Å²) in [5.74, 6) is -1.05. The van der Waals surface area contributed by atoms with E-state index in [4.69, 9.17) is 5.11 Å². The van der Waals surface area contributed by atoms with Crippen molar-refractivity contribution in [3.8, 4) is 0 Å². The number of halogens is 2. The van der Waals surface area contributed by atoms with Crippen molar-refractivity contribution in [1.82, 2.24) is 10.2 Å². The van der Waals surface area contributed by atoms with E-state index in [1.807, 2.05) is 0 Å². The third-order valence-electron chi connectivity index (χ3n) is 3.55. The van der Waals surface area contributed by atoms with Gasteiger partial charge in [0.05, 0.1) is 0 Å². The highest BCUT2D eigenvalue weighted by molar-refractivity contribution is 5.22. The third kappa shape index (κ3) is 3.72. The maximum Gasteiger partial charge on any atom is 0.130 e. The van der Waals surface area contributed by atoms with Crippen molar-refractivity contribution in [1.29, 1.82) is 0 Å². The molecule has 1 heterocycles. The molecule has 0 spiro atoms. The summed E-state index contributed by atoms with van der Waals surface area (Å²) in [7, 11) is 0. The van der Waals surface area contributed by atoms with E-state index in [0.717, 1.165) is 32.2 Å². The number of nitrogens with zero attached hydrogens (tertiary/aromatic N) is 1. The molecule has 0 bridgehead atoms. The van der Waals surface area contributed by atoms with E-state index in [1.165, 1.54) is 12.1 Å². The number of piperazine rings is 1. The molecule has 19 heavy (non-hydrogen) atoms. The van der Waals surface area contributed by atoms with Gasteiger partial charge in [0.15, 0.2) is 0 Å². The zero-order valence-electron chi connectivity index (χ0n) is 10.9. The smallest absolute Gasteiger partial charge is 0.130 e. The molecule has 1 aromatic carbocycles. The summed E-state index contributed by atoms with van der Waals surface area (Å²) in [6.45, 7) is 3.52. The Hall–Kier alpha value is -1.04. The van der Waals surface area contributed by atoms with E-state index >= 15 is 0 Å². The van der Waals surface area contributed by atoms with Crippen LogP contribution in [0.4, 0.5) is 8.78 Å². The van der Waals surface area contributed by atoms with Gasteiger partial charge in [-0.25, -0.2) is 8.78 Å². The van der Waals surface area contributed by atoms with Crippen molar-refractivity contribution in [2.75, 3.05) is 32.8 Å². The molecule has 106 valence electrons. The van der Waals surface area contributed by atoms with Crippen LogP contribution in [0.5, 0.6) is 0 Å². The minimum absolute atomic E-state index is 0.0881. The third-order valence-corrected chi connectivity index (χ3v) is 3.55. The number of nitrogens with one attached hydrogen (secondary N) is 1. The van der Waals surface area contributed by atoms with Gasteiger partial charge >= 0.3 is 0 Å². The SMILES string of the molecule is OCCC[C@@H](c1ccc(F)cc1F)N1CCNCC1. The molecule has 1 fully saturated rings. The fourth-order valence-electron chi connectivity index (χ4n) is 2.58. The van der Waals surface area contributed by atoms with E-state index in [2.05, 4.69) is 10.2 Å². The molecule has 0 unspecified atom stereocenters. The lowest BCUT2D eigenvalue weighted by atomic mass is 9.99. The second kappa shape index (κ2) is 6.93. The molecule has 1 aliphatic heterocycles. The number of aliphatic hydroxyl groups excluding tert-OH is 1. The minimum atomic E-state index is -0.553. The van der Waals surface area contributed by atoms with Gasteiger partial charge in [0, 0.05) is 50.5 Å². The van der Waals surface area contributed by atoms with Crippen LogP contribution in [0.2, 0.25) is 0 Å². The van der Waals surface area contributed by atoms with Crippen LogP contribution in [-0.4, -0.2) is 42.8 Å². The quantitative estimate of drug-likeness (QED) is 0.854. The maximum absolute atomic E-state index is 13.9. The van der Waals surface area contributed by atoms with Gasteiger partial charge in [0.25, 0.3) is 0 Å². The molecule has 1 atom stereocenters. The summed E-state index contributed by atoms with van der Waals surface area (Å²) < 4.78 is 26.9. The highest BCUT2D eigenvalue weighted by Crippen LogP contribution is 2.28. The monoisotopic (exact) mass is 270 g/mol. The summed E-state index contributed by atoms with van der Waals surface area (Å²) in [6.07, 6.45) is 1.30. The number of rotatable bonds is 5. The number of aliphatic hydroxyl groups is 1. The van der Waals surface area contributed by atoms with Crippen LogP contribution < -0.4 is 5.32 Å². The van der Waals surface area contributed by atoms with Crippen LogP contribution in [0.3, 0.4) is 0 Å². The Morgan fingerprint density at radius 2 is 2.00 bits per heavy atom. The fraction of sp³-hybridized carbons (Fsp3) is 0.571. The predicted octanol–water partition coefficient (Wildman–Crippen LogP) is 1.68. The zero-order chi connectivity index (χ0) is 13.7. The Labute approximate surface area is 112 Å². The second-order valence-corrected chi connectivity index (χ2v) is 4.83. The Balaban J connectivity index is 2.19. The molecule has 0 aromatic heterocycles. The molecule has 2 N–H and O–H groups in total. The Morgan fingerprint density at radius 1 is 1.26 bits per heavy atom. The van der Waals surface area contributed by atoms with Crippen molar-refractivity contribution >= 4 is 0 Å². The van der Waals surface area contributed by atoms with E-state index in [-0.39, 0.29) is 12.6 Å².